The minimum atomic E-state index is -1.69. The smallest absolute Gasteiger partial charge is 0.317 e. The van der Waals surface area contributed by atoms with Crippen molar-refractivity contribution in [3.63, 3.8) is 0 Å². The molecule has 0 saturated heterocycles. The van der Waals surface area contributed by atoms with Crippen LogP contribution in [-0.2, 0) is 19.7 Å². The molecule has 8 heteroatoms. The van der Waals surface area contributed by atoms with E-state index in [0.29, 0.717) is 23.9 Å². The van der Waals surface area contributed by atoms with Crippen molar-refractivity contribution >= 4 is 29.2 Å². The minimum absolute atomic E-state index is 0.536. The zero-order valence-electron chi connectivity index (χ0n) is 14.0. The van der Waals surface area contributed by atoms with Crippen molar-refractivity contribution < 1.29 is 27.5 Å². The van der Waals surface area contributed by atoms with Gasteiger partial charge in [-0.1, -0.05) is 30.2 Å². The van der Waals surface area contributed by atoms with Crippen LogP contribution in [-0.4, -0.2) is 18.5 Å². The van der Waals surface area contributed by atoms with Gasteiger partial charge >= 0.3 is 5.97 Å². The van der Waals surface area contributed by atoms with Crippen LogP contribution in [0.2, 0.25) is 5.02 Å². The van der Waals surface area contributed by atoms with Crippen LogP contribution in [0.5, 0.6) is 0 Å². The molecular formula is C19H15ClF3NO3. The molecule has 2 aromatic carbocycles. The molecule has 1 N–H and O–H groups in total. The SMILES string of the molecule is O=C(COC(=O)C1(c2ccc(Cl)cc2)CCC1)Nc1ccc(F)c(F)c1F. The van der Waals surface area contributed by atoms with E-state index in [4.69, 9.17) is 16.3 Å². The number of rotatable bonds is 5. The summed E-state index contributed by atoms with van der Waals surface area (Å²) in [5, 5.41) is 2.59. The van der Waals surface area contributed by atoms with Crippen LogP contribution >= 0.6 is 11.6 Å². The maximum absolute atomic E-state index is 13.6. The van der Waals surface area contributed by atoms with E-state index in [1.165, 1.54) is 0 Å². The fraction of sp³-hybridized carbons (Fsp3) is 0.263. The number of hydrogen-bond acceptors (Lipinski definition) is 3. The van der Waals surface area contributed by atoms with Crippen molar-refractivity contribution in [3.05, 3.63) is 64.4 Å². The fourth-order valence-electron chi connectivity index (χ4n) is 2.99. The molecular weight excluding hydrogens is 383 g/mol. The van der Waals surface area contributed by atoms with Gasteiger partial charge in [0.2, 0.25) is 0 Å². The van der Waals surface area contributed by atoms with Crippen LogP contribution < -0.4 is 5.32 Å². The molecule has 2 aromatic rings. The number of carbonyl (C=O) groups excluding carboxylic acids is 2. The van der Waals surface area contributed by atoms with Gasteiger partial charge in [-0.2, -0.15) is 0 Å². The average molecular weight is 398 g/mol. The average Bonchev–Trinajstić information content (AvgIpc) is 2.61. The van der Waals surface area contributed by atoms with Crippen LogP contribution in [0.15, 0.2) is 36.4 Å². The Morgan fingerprint density at radius 3 is 2.30 bits per heavy atom. The second-order valence-electron chi connectivity index (χ2n) is 6.29. The molecule has 1 saturated carbocycles. The van der Waals surface area contributed by atoms with E-state index in [1.54, 1.807) is 24.3 Å². The predicted octanol–water partition coefficient (Wildman–Crippen LogP) is 4.36. The van der Waals surface area contributed by atoms with Crippen molar-refractivity contribution in [3.8, 4) is 0 Å². The third-order valence-corrected chi connectivity index (χ3v) is 4.89. The number of anilines is 1. The molecule has 0 spiro atoms. The quantitative estimate of drug-likeness (QED) is 0.602. The first-order valence-electron chi connectivity index (χ1n) is 8.20. The first kappa shape index (κ1) is 19.2. The molecule has 0 aromatic heterocycles. The summed E-state index contributed by atoms with van der Waals surface area (Å²) in [6.07, 6.45) is 1.99. The Bertz CT molecular complexity index is 883. The zero-order chi connectivity index (χ0) is 19.6. The number of nitrogens with one attached hydrogen (secondary N) is 1. The van der Waals surface area contributed by atoms with Crippen molar-refractivity contribution in [2.75, 3.05) is 11.9 Å². The van der Waals surface area contributed by atoms with Crippen LogP contribution in [0, 0.1) is 17.5 Å². The molecule has 1 fully saturated rings. The molecule has 3 rings (SSSR count). The summed E-state index contributed by atoms with van der Waals surface area (Å²) in [4.78, 5) is 24.4. The molecule has 142 valence electrons. The van der Waals surface area contributed by atoms with E-state index in [9.17, 15) is 22.8 Å². The summed E-state index contributed by atoms with van der Waals surface area (Å²) in [5.74, 6) is -6.02. The summed E-state index contributed by atoms with van der Waals surface area (Å²) in [7, 11) is 0. The van der Waals surface area contributed by atoms with Crippen LogP contribution in [0.3, 0.4) is 0 Å². The maximum atomic E-state index is 13.6. The minimum Gasteiger partial charge on any atom is -0.455 e. The molecule has 0 unspecified atom stereocenters. The van der Waals surface area contributed by atoms with Crippen LogP contribution in [0.1, 0.15) is 24.8 Å². The topological polar surface area (TPSA) is 55.4 Å². The zero-order valence-corrected chi connectivity index (χ0v) is 14.8. The van der Waals surface area contributed by atoms with Gasteiger partial charge in [0, 0.05) is 5.02 Å². The Balaban J connectivity index is 1.64. The van der Waals surface area contributed by atoms with Crippen LogP contribution in [0.25, 0.3) is 0 Å². The molecule has 0 radical (unpaired) electrons. The highest BCUT2D eigenvalue weighted by Crippen LogP contribution is 2.45. The predicted molar refractivity (Wildman–Crippen MR) is 92.9 cm³/mol. The Kier molecular flexibility index (Phi) is 5.41. The maximum Gasteiger partial charge on any atom is 0.317 e. The number of ether oxygens (including phenoxy) is 1. The highest BCUT2D eigenvalue weighted by molar-refractivity contribution is 6.30. The molecule has 1 aliphatic carbocycles. The summed E-state index contributed by atoms with van der Waals surface area (Å²) in [5.41, 5.74) is -0.626. The molecule has 1 aliphatic rings. The third-order valence-electron chi connectivity index (χ3n) is 4.64. The van der Waals surface area contributed by atoms with Gasteiger partial charge in [0.05, 0.1) is 11.1 Å². The van der Waals surface area contributed by atoms with E-state index < -0.39 is 47.0 Å². The lowest BCUT2D eigenvalue weighted by Gasteiger charge is -2.39. The lowest BCUT2D eigenvalue weighted by Crippen LogP contribution is -2.44. The van der Waals surface area contributed by atoms with Gasteiger partial charge in [0.25, 0.3) is 5.91 Å². The Morgan fingerprint density at radius 2 is 1.70 bits per heavy atom. The van der Waals surface area contributed by atoms with Gasteiger partial charge in [-0.3, -0.25) is 9.59 Å². The molecule has 0 atom stereocenters. The van der Waals surface area contributed by atoms with Crippen molar-refractivity contribution in [1.82, 2.24) is 0 Å². The Morgan fingerprint density at radius 1 is 1.04 bits per heavy atom. The third kappa shape index (κ3) is 3.78. The Hall–Kier alpha value is -2.54. The largest absolute Gasteiger partial charge is 0.455 e. The summed E-state index contributed by atoms with van der Waals surface area (Å²) in [6, 6.07) is 8.38. The molecule has 27 heavy (non-hydrogen) atoms. The molecule has 1 amide bonds. The van der Waals surface area contributed by atoms with Crippen molar-refractivity contribution in [2.45, 2.75) is 24.7 Å². The van der Waals surface area contributed by atoms with Crippen LogP contribution in [0.4, 0.5) is 18.9 Å². The number of hydrogen-bond donors (Lipinski definition) is 1. The molecule has 4 nitrogen and oxygen atoms in total. The molecule has 0 heterocycles. The van der Waals surface area contributed by atoms with E-state index in [2.05, 4.69) is 5.32 Å². The first-order valence-corrected chi connectivity index (χ1v) is 8.58. The van der Waals surface area contributed by atoms with Gasteiger partial charge in [-0.15, -0.1) is 0 Å². The molecule has 0 aliphatic heterocycles. The summed E-state index contributed by atoms with van der Waals surface area (Å²) >= 11 is 5.87. The first-order chi connectivity index (χ1) is 12.8. The van der Waals surface area contributed by atoms with Gasteiger partial charge in [-0.25, -0.2) is 13.2 Å². The normalized spacial score (nSPS) is 15.0. The molecule has 0 bridgehead atoms. The van der Waals surface area contributed by atoms with Gasteiger partial charge < -0.3 is 10.1 Å². The van der Waals surface area contributed by atoms with Gasteiger partial charge in [0.15, 0.2) is 24.1 Å². The van der Waals surface area contributed by atoms with Gasteiger partial charge in [0.1, 0.15) is 0 Å². The standard InChI is InChI=1S/C19H15ClF3NO3/c20-12-4-2-11(3-5-12)19(8-1-9-19)18(26)27-10-15(25)24-14-7-6-13(21)16(22)17(14)23/h2-7H,1,8-10H2,(H,24,25). The fourth-order valence-corrected chi connectivity index (χ4v) is 3.11. The Labute approximate surface area is 158 Å². The second-order valence-corrected chi connectivity index (χ2v) is 6.73. The van der Waals surface area contributed by atoms with E-state index in [-0.39, 0.29) is 0 Å². The van der Waals surface area contributed by atoms with E-state index >= 15 is 0 Å². The monoisotopic (exact) mass is 397 g/mol. The number of halogens is 4. The lowest BCUT2D eigenvalue weighted by molar-refractivity contribution is -0.156. The number of esters is 1. The number of amides is 1. The van der Waals surface area contributed by atoms with E-state index in [0.717, 1.165) is 18.1 Å². The number of carbonyl (C=O) groups is 2. The van der Waals surface area contributed by atoms with Crippen molar-refractivity contribution in [1.29, 1.82) is 0 Å². The second kappa shape index (κ2) is 7.60. The lowest BCUT2D eigenvalue weighted by atomic mass is 9.64. The summed E-state index contributed by atoms with van der Waals surface area (Å²) in [6.45, 7) is -0.674. The van der Waals surface area contributed by atoms with Gasteiger partial charge in [-0.05, 0) is 42.7 Å². The van der Waals surface area contributed by atoms with Crippen molar-refractivity contribution in [2.24, 2.45) is 0 Å². The summed E-state index contributed by atoms with van der Waals surface area (Å²) < 4.78 is 44.8. The number of benzene rings is 2. The van der Waals surface area contributed by atoms with E-state index in [1.807, 2.05) is 0 Å². The highest BCUT2D eigenvalue weighted by Gasteiger charge is 2.47. The highest BCUT2D eigenvalue weighted by atomic mass is 35.5.